The Morgan fingerprint density at radius 3 is 2.78 bits per heavy atom. The lowest BCUT2D eigenvalue weighted by Crippen LogP contribution is -2.36. The fourth-order valence-electron chi connectivity index (χ4n) is 3.42. The van der Waals surface area contributed by atoms with Crippen LogP contribution in [0.2, 0.25) is 0 Å². The van der Waals surface area contributed by atoms with Crippen molar-refractivity contribution in [2.45, 2.75) is 32.1 Å². The van der Waals surface area contributed by atoms with Crippen LogP contribution in [0.15, 0.2) is 16.7 Å². The fourth-order valence-corrected chi connectivity index (χ4v) is 3.42. The first-order valence-electron chi connectivity index (χ1n) is 8.05. The molecule has 0 saturated carbocycles. The van der Waals surface area contributed by atoms with Crippen LogP contribution in [0.1, 0.15) is 36.9 Å². The number of carbonyl (C=O) groups excluding carboxylic acids is 2. The largest absolute Gasteiger partial charge is 0.359 e. The molecule has 2 amide bonds. The van der Waals surface area contributed by atoms with Gasteiger partial charge in [0.15, 0.2) is 5.82 Å². The van der Waals surface area contributed by atoms with E-state index in [2.05, 4.69) is 27.6 Å². The Hall–Kier alpha value is -2.18. The first-order valence-corrected chi connectivity index (χ1v) is 8.05. The number of carbonyl (C=O) groups is 2. The molecule has 1 aliphatic heterocycles. The van der Waals surface area contributed by atoms with Gasteiger partial charge in [0.2, 0.25) is 17.7 Å². The summed E-state index contributed by atoms with van der Waals surface area (Å²) in [5.41, 5.74) is 0. The summed E-state index contributed by atoms with van der Waals surface area (Å²) in [6.45, 7) is 2.61. The van der Waals surface area contributed by atoms with E-state index >= 15 is 0 Å². The highest BCUT2D eigenvalue weighted by atomic mass is 16.5. The van der Waals surface area contributed by atoms with Gasteiger partial charge >= 0.3 is 0 Å². The molecule has 0 spiro atoms. The molecule has 1 saturated heterocycles. The van der Waals surface area contributed by atoms with Crippen molar-refractivity contribution in [3.8, 4) is 0 Å². The number of rotatable bonds is 3. The van der Waals surface area contributed by atoms with Gasteiger partial charge in [-0.05, 0) is 26.2 Å². The van der Waals surface area contributed by atoms with E-state index in [4.69, 9.17) is 4.52 Å². The van der Waals surface area contributed by atoms with Crippen molar-refractivity contribution in [2.75, 3.05) is 20.1 Å². The minimum atomic E-state index is -0.345. The van der Waals surface area contributed by atoms with Crippen molar-refractivity contribution in [3.05, 3.63) is 23.9 Å². The van der Waals surface area contributed by atoms with Crippen LogP contribution in [-0.4, -0.2) is 47.0 Å². The second-order valence-electron chi connectivity index (χ2n) is 6.23. The topological polar surface area (TPSA) is 88.3 Å². The van der Waals surface area contributed by atoms with Gasteiger partial charge in [0.1, 0.15) is 0 Å². The third kappa shape index (κ3) is 3.13. The lowest BCUT2D eigenvalue weighted by Gasteiger charge is -2.24. The number of aryl methyl sites for hydroxylation is 1. The molecule has 1 aromatic heterocycles. The molecule has 2 aliphatic rings. The first-order chi connectivity index (χ1) is 11.1. The van der Waals surface area contributed by atoms with Crippen LogP contribution in [0.5, 0.6) is 0 Å². The van der Waals surface area contributed by atoms with E-state index in [9.17, 15) is 9.59 Å². The number of aromatic nitrogens is 2. The average molecular weight is 318 g/mol. The highest BCUT2D eigenvalue weighted by molar-refractivity contribution is 5.84. The van der Waals surface area contributed by atoms with Crippen LogP contribution in [0.3, 0.4) is 0 Å². The third-order valence-electron chi connectivity index (χ3n) is 4.69. The summed E-state index contributed by atoms with van der Waals surface area (Å²) >= 11 is 0. The van der Waals surface area contributed by atoms with Gasteiger partial charge in [-0.25, -0.2) is 0 Å². The Morgan fingerprint density at radius 2 is 2.17 bits per heavy atom. The maximum Gasteiger partial charge on any atom is 0.232 e. The Labute approximate surface area is 135 Å². The van der Waals surface area contributed by atoms with Crippen LogP contribution in [0.25, 0.3) is 0 Å². The smallest absolute Gasteiger partial charge is 0.232 e. The van der Waals surface area contributed by atoms with Gasteiger partial charge in [0, 0.05) is 26.1 Å². The van der Waals surface area contributed by atoms with Crippen molar-refractivity contribution in [1.82, 2.24) is 20.4 Å². The van der Waals surface area contributed by atoms with E-state index in [1.165, 1.54) is 0 Å². The summed E-state index contributed by atoms with van der Waals surface area (Å²) in [5.74, 6) is 0.454. The van der Waals surface area contributed by atoms with E-state index in [0.29, 0.717) is 24.8 Å². The monoisotopic (exact) mass is 318 g/mol. The number of hydrogen-bond acceptors (Lipinski definition) is 5. The van der Waals surface area contributed by atoms with Crippen LogP contribution in [-0.2, 0) is 9.59 Å². The molecule has 3 rings (SSSR count). The lowest BCUT2D eigenvalue weighted by atomic mass is 9.93. The van der Waals surface area contributed by atoms with Crippen LogP contribution >= 0.6 is 0 Å². The highest BCUT2D eigenvalue weighted by Gasteiger charge is 2.44. The number of allylic oxidation sites excluding steroid dienone is 2. The summed E-state index contributed by atoms with van der Waals surface area (Å²) in [6, 6.07) is 0. The molecule has 124 valence electrons. The van der Waals surface area contributed by atoms with E-state index in [0.717, 1.165) is 19.3 Å². The van der Waals surface area contributed by atoms with Crippen molar-refractivity contribution in [1.29, 1.82) is 0 Å². The minimum absolute atomic E-state index is 0.0218. The van der Waals surface area contributed by atoms with Gasteiger partial charge in [-0.2, -0.15) is 4.98 Å². The fraction of sp³-hybridized carbons (Fsp3) is 0.625. The molecule has 0 radical (unpaired) electrons. The molecule has 23 heavy (non-hydrogen) atoms. The minimum Gasteiger partial charge on any atom is -0.359 e. The zero-order valence-corrected chi connectivity index (χ0v) is 13.5. The van der Waals surface area contributed by atoms with Gasteiger partial charge in [0.05, 0.1) is 11.8 Å². The highest BCUT2D eigenvalue weighted by Crippen LogP contribution is 2.34. The summed E-state index contributed by atoms with van der Waals surface area (Å²) in [4.78, 5) is 31.0. The first kappa shape index (κ1) is 15.7. The molecule has 1 fully saturated rings. The molecule has 0 aromatic carbocycles. The van der Waals surface area contributed by atoms with Crippen molar-refractivity contribution in [2.24, 2.45) is 11.8 Å². The Balaban J connectivity index is 1.78. The van der Waals surface area contributed by atoms with Crippen molar-refractivity contribution in [3.63, 3.8) is 0 Å². The molecule has 1 aliphatic carbocycles. The zero-order valence-electron chi connectivity index (χ0n) is 13.5. The molecule has 2 heterocycles. The standard InChI is InChI=1S/C16H22N4O3/c1-10-18-15(23-19-10)13-9-20(8-12(13)14(21)17-2)16(22)11-6-4-3-5-7-11/h3-4,11-13H,5-9H2,1-2H3,(H,17,21)/t11?,12-,13-/m1/s1. The summed E-state index contributed by atoms with van der Waals surface area (Å²) in [6.07, 6.45) is 6.78. The number of nitrogens with zero attached hydrogens (tertiary/aromatic N) is 3. The summed E-state index contributed by atoms with van der Waals surface area (Å²) in [5, 5.41) is 6.48. The molecular weight excluding hydrogens is 296 g/mol. The van der Waals surface area contributed by atoms with Gasteiger partial charge in [-0.15, -0.1) is 0 Å². The van der Waals surface area contributed by atoms with E-state index < -0.39 is 0 Å². The zero-order chi connectivity index (χ0) is 16.4. The van der Waals surface area contributed by atoms with Crippen LogP contribution in [0.4, 0.5) is 0 Å². The Kier molecular flexibility index (Phi) is 4.45. The predicted molar refractivity (Wildman–Crippen MR) is 82.4 cm³/mol. The normalized spacial score (nSPS) is 27.2. The van der Waals surface area contributed by atoms with E-state index in [1.54, 1.807) is 18.9 Å². The molecule has 3 atom stereocenters. The molecule has 1 unspecified atom stereocenters. The maximum atomic E-state index is 12.7. The molecule has 1 N–H and O–H groups in total. The van der Waals surface area contributed by atoms with Crippen molar-refractivity contribution < 1.29 is 14.1 Å². The maximum absolute atomic E-state index is 12.7. The second kappa shape index (κ2) is 6.52. The summed E-state index contributed by atoms with van der Waals surface area (Å²) in [7, 11) is 1.61. The second-order valence-corrected chi connectivity index (χ2v) is 6.23. The van der Waals surface area contributed by atoms with Crippen LogP contribution < -0.4 is 5.32 Å². The number of amides is 2. The molecular formula is C16H22N4O3. The molecule has 7 heteroatoms. The van der Waals surface area contributed by atoms with Gasteiger partial charge < -0.3 is 14.7 Å². The molecule has 7 nitrogen and oxygen atoms in total. The molecule has 0 bridgehead atoms. The molecule has 1 aromatic rings. The van der Waals surface area contributed by atoms with E-state index in [1.807, 2.05) is 0 Å². The lowest BCUT2D eigenvalue weighted by molar-refractivity contribution is -0.135. The number of likely N-dealkylation sites (tertiary alicyclic amines) is 1. The van der Waals surface area contributed by atoms with E-state index in [-0.39, 0.29) is 29.6 Å². The van der Waals surface area contributed by atoms with Crippen molar-refractivity contribution >= 4 is 11.8 Å². The number of hydrogen-bond donors (Lipinski definition) is 1. The third-order valence-corrected chi connectivity index (χ3v) is 4.69. The van der Waals surface area contributed by atoms with Gasteiger partial charge in [-0.3, -0.25) is 9.59 Å². The number of nitrogens with one attached hydrogen (secondary N) is 1. The Morgan fingerprint density at radius 1 is 1.35 bits per heavy atom. The van der Waals surface area contributed by atoms with Gasteiger partial charge in [-0.1, -0.05) is 17.3 Å². The van der Waals surface area contributed by atoms with Gasteiger partial charge in [0.25, 0.3) is 0 Å². The summed E-state index contributed by atoms with van der Waals surface area (Å²) < 4.78 is 5.26. The van der Waals surface area contributed by atoms with Crippen LogP contribution in [0, 0.1) is 18.8 Å². The SMILES string of the molecule is CNC(=O)[C@@H]1CN(C(=O)C2CC=CCC2)C[C@H]1c1nc(C)no1. The predicted octanol–water partition coefficient (Wildman–Crippen LogP) is 1.02. The average Bonchev–Trinajstić information content (AvgIpc) is 3.20. The Bertz CT molecular complexity index is 625. The quantitative estimate of drug-likeness (QED) is 0.841.